The molecule has 0 saturated heterocycles. The Labute approximate surface area is 178 Å². The highest BCUT2D eigenvalue weighted by molar-refractivity contribution is 7.74. The van der Waals surface area contributed by atoms with Gasteiger partial charge in [0.15, 0.2) is 0 Å². The van der Waals surface area contributed by atoms with Gasteiger partial charge in [-0.2, -0.15) is 0 Å². The number of hydrogen-bond donors (Lipinski definition) is 0. The van der Waals surface area contributed by atoms with Gasteiger partial charge in [-0.3, -0.25) is 4.57 Å². The molecular weight excluding hydrogens is 393 g/mol. The van der Waals surface area contributed by atoms with Crippen LogP contribution in [0.2, 0.25) is 0 Å². The molecule has 0 N–H and O–H groups in total. The molecule has 3 aromatic carbocycles. The van der Waals surface area contributed by atoms with Gasteiger partial charge < -0.3 is 9.26 Å². The fourth-order valence-corrected chi connectivity index (χ4v) is 5.67. The van der Waals surface area contributed by atoms with Crippen LogP contribution in [-0.2, 0) is 9.30 Å². The van der Waals surface area contributed by atoms with E-state index in [1.165, 1.54) is 0 Å². The maximum absolute atomic E-state index is 14.3. The first kappa shape index (κ1) is 20.4. The standard InChI is InChI=1S/C25H26NO3P/c1-19(2)17-20-18-28-25(26-20)23-15-9-10-16-24(23)29-30(27,21-11-5-3-6-12-21)22-13-7-4-8-14-22/h3-16,19-20H,17-18H2,1-2H3/t20-/m0/s1. The van der Waals surface area contributed by atoms with Gasteiger partial charge in [0.25, 0.3) is 0 Å². The molecule has 5 heteroatoms. The quantitative estimate of drug-likeness (QED) is 0.496. The highest BCUT2D eigenvalue weighted by Gasteiger charge is 2.32. The van der Waals surface area contributed by atoms with E-state index >= 15 is 0 Å². The molecule has 0 radical (unpaired) electrons. The lowest BCUT2D eigenvalue weighted by Gasteiger charge is -2.22. The number of para-hydroxylation sites is 1. The molecule has 0 amide bonds. The van der Waals surface area contributed by atoms with Crippen LogP contribution in [0.1, 0.15) is 25.8 Å². The SMILES string of the molecule is CC(C)C[C@H]1COC(c2ccccc2OP(=O)(c2ccccc2)c2ccccc2)=N1. The van der Waals surface area contributed by atoms with Crippen molar-refractivity contribution in [3.8, 4) is 5.75 Å². The van der Waals surface area contributed by atoms with E-state index in [0.29, 0.717) is 34.8 Å². The van der Waals surface area contributed by atoms with E-state index < -0.39 is 7.37 Å². The van der Waals surface area contributed by atoms with E-state index in [2.05, 4.69) is 13.8 Å². The van der Waals surface area contributed by atoms with Crippen LogP contribution in [0.3, 0.4) is 0 Å². The molecule has 0 fully saturated rings. The minimum Gasteiger partial charge on any atom is -0.475 e. The highest BCUT2D eigenvalue weighted by atomic mass is 31.2. The van der Waals surface area contributed by atoms with E-state index in [-0.39, 0.29) is 6.04 Å². The minimum atomic E-state index is -3.36. The summed E-state index contributed by atoms with van der Waals surface area (Å²) in [5.41, 5.74) is 0.732. The summed E-state index contributed by atoms with van der Waals surface area (Å²) in [4.78, 5) is 4.76. The Morgan fingerprint density at radius 2 is 1.50 bits per heavy atom. The van der Waals surface area contributed by atoms with Crippen LogP contribution in [0.4, 0.5) is 0 Å². The van der Waals surface area contributed by atoms with Crippen molar-refractivity contribution in [1.29, 1.82) is 0 Å². The number of benzene rings is 3. The molecule has 1 atom stereocenters. The second kappa shape index (κ2) is 8.89. The first-order valence-electron chi connectivity index (χ1n) is 10.3. The first-order chi connectivity index (χ1) is 14.6. The van der Waals surface area contributed by atoms with Crippen molar-refractivity contribution in [2.24, 2.45) is 10.9 Å². The Morgan fingerprint density at radius 3 is 2.10 bits per heavy atom. The van der Waals surface area contributed by atoms with Gasteiger partial charge in [-0.25, -0.2) is 4.99 Å². The summed E-state index contributed by atoms with van der Waals surface area (Å²) >= 11 is 0. The average Bonchev–Trinajstić information content (AvgIpc) is 3.23. The van der Waals surface area contributed by atoms with Crippen molar-refractivity contribution in [2.75, 3.05) is 6.61 Å². The van der Waals surface area contributed by atoms with Crippen LogP contribution in [0.15, 0.2) is 89.9 Å². The first-order valence-corrected chi connectivity index (χ1v) is 11.9. The van der Waals surface area contributed by atoms with Crippen molar-refractivity contribution < 1.29 is 13.8 Å². The molecule has 1 heterocycles. The van der Waals surface area contributed by atoms with Crippen LogP contribution >= 0.6 is 7.37 Å². The van der Waals surface area contributed by atoms with Crippen molar-refractivity contribution in [3.05, 3.63) is 90.5 Å². The molecule has 0 spiro atoms. The maximum atomic E-state index is 14.3. The molecule has 0 unspecified atom stereocenters. The molecule has 0 saturated carbocycles. The van der Waals surface area contributed by atoms with Gasteiger partial charge in [0.1, 0.15) is 12.4 Å². The summed E-state index contributed by atoms with van der Waals surface area (Å²) in [7, 11) is -3.36. The molecule has 154 valence electrons. The summed E-state index contributed by atoms with van der Waals surface area (Å²) in [6, 6.07) is 26.4. The monoisotopic (exact) mass is 419 g/mol. The zero-order valence-electron chi connectivity index (χ0n) is 17.3. The molecule has 1 aliphatic rings. The largest absolute Gasteiger partial charge is 0.475 e. The summed E-state index contributed by atoms with van der Waals surface area (Å²) in [6.45, 7) is 4.93. The van der Waals surface area contributed by atoms with E-state index in [4.69, 9.17) is 14.3 Å². The second-order valence-electron chi connectivity index (χ2n) is 7.84. The second-order valence-corrected chi connectivity index (χ2v) is 10.2. The van der Waals surface area contributed by atoms with Crippen LogP contribution < -0.4 is 15.1 Å². The lowest BCUT2D eigenvalue weighted by molar-refractivity contribution is 0.301. The van der Waals surface area contributed by atoms with Crippen LogP contribution in [0.5, 0.6) is 5.75 Å². The fraction of sp³-hybridized carbons (Fsp3) is 0.240. The van der Waals surface area contributed by atoms with E-state index in [1.807, 2.05) is 84.9 Å². The number of rotatable bonds is 7. The van der Waals surface area contributed by atoms with Gasteiger partial charge >= 0.3 is 7.37 Å². The zero-order valence-corrected chi connectivity index (χ0v) is 18.2. The Kier molecular flexibility index (Phi) is 6.06. The number of aliphatic imine (C=N–C) groups is 1. The Balaban J connectivity index is 1.73. The molecule has 4 nitrogen and oxygen atoms in total. The van der Waals surface area contributed by atoms with Gasteiger partial charge in [0.05, 0.1) is 22.2 Å². The van der Waals surface area contributed by atoms with Gasteiger partial charge in [-0.05, 0) is 48.7 Å². The Hall–Kier alpha value is -2.84. The predicted molar refractivity (Wildman–Crippen MR) is 123 cm³/mol. The molecule has 0 aromatic heterocycles. The maximum Gasteiger partial charge on any atom is 0.306 e. The predicted octanol–water partition coefficient (Wildman–Crippen LogP) is 5.19. The molecule has 0 aliphatic carbocycles. The van der Waals surface area contributed by atoms with E-state index in [9.17, 15) is 4.57 Å². The molecule has 3 aromatic rings. The van der Waals surface area contributed by atoms with Crippen molar-refractivity contribution in [2.45, 2.75) is 26.3 Å². The molecule has 4 rings (SSSR count). The zero-order chi connectivity index (χ0) is 21.0. The van der Waals surface area contributed by atoms with E-state index in [1.54, 1.807) is 0 Å². The Bertz CT molecular complexity index is 1020. The summed E-state index contributed by atoms with van der Waals surface area (Å²) in [5.74, 6) is 1.62. The third-order valence-electron chi connectivity index (χ3n) is 4.99. The Morgan fingerprint density at radius 1 is 0.933 bits per heavy atom. The average molecular weight is 419 g/mol. The summed E-state index contributed by atoms with van der Waals surface area (Å²) in [5, 5.41) is 1.30. The number of nitrogens with zero attached hydrogens (tertiary/aromatic N) is 1. The van der Waals surface area contributed by atoms with Crippen LogP contribution in [0, 0.1) is 5.92 Å². The topological polar surface area (TPSA) is 47.9 Å². The molecule has 0 bridgehead atoms. The van der Waals surface area contributed by atoms with Crippen molar-refractivity contribution in [3.63, 3.8) is 0 Å². The lowest BCUT2D eigenvalue weighted by Crippen LogP contribution is -2.20. The van der Waals surface area contributed by atoms with Crippen LogP contribution in [0.25, 0.3) is 0 Å². The number of hydrogen-bond acceptors (Lipinski definition) is 4. The third kappa shape index (κ3) is 4.34. The summed E-state index contributed by atoms with van der Waals surface area (Å²) < 4.78 is 26.5. The van der Waals surface area contributed by atoms with Gasteiger partial charge in [0, 0.05) is 0 Å². The van der Waals surface area contributed by atoms with Crippen molar-refractivity contribution >= 4 is 23.9 Å². The lowest BCUT2D eigenvalue weighted by atomic mass is 10.1. The smallest absolute Gasteiger partial charge is 0.306 e. The summed E-state index contributed by atoms with van der Waals surface area (Å²) in [6.07, 6.45) is 0.971. The molecule has 30 heavy (non-hydrogen) atoms. The van der Waals surface area contributed by atoms with Crippen LogP contribution in [-0.4, -0.2) is 18.5 Å². The fourth-order valence-electron chi connectivity index (χ4n) is 3.59. The number of ether oxygens (including phenoxy) is 1. The van der Waals surface area contributed by atoms with Gasteiger partial charge in [0.2, 0.25) is 5.90 Å². The normalized spacial score (nSPS) is 16.2. The van der Waals surface area contributed by atoms with Crippen molar-refractivity contribution in [1.82, 2.24) is 0 Å². The van der Waals surface area contributed by atoms with E-state index in [0.717, 1.165) is 12.0 Å². The molecule has 1 aliphatic heterocycles. The third-order valence-corrected chi connectivity index (χ3v) is 7.40. The minimum absolute atomic E-state index is 0.142. The van der Waals surface area contributed by atoms with Gasteiger partial charge in [-0.15, -0.1) is 0 Å². The van der Waals surface area contributed by atoms with Gasteiger partial charge in [-0.1, -0.05) is 62.4 Å². The highest BCUT2D eigenvalue weighted by Crippen LogP contribution is 2.46. The molecular formula is C25H26NO3P.